The highest BCUT2D eigenvalue weighted by Crippen LogP contribution is 2.34. The van der Waals surface area contributed by atoms with Crippen LogP contribution in [0.15, 0.2) is 96.3 Å². The number of ether oxygens (including phenoxy) is 1. The van der Waals surface area contributed by atoms with Crippen LogP contribution in [0.1, 0.15) is 50.6 Å². The Morgan fingerprint density at radius 3 is 2.37 bits per heavy atom. The summed E-state index contributed by atoms with van der Waals surface area (Å²) < 4.78 is 4.81. The minimum atomic E-state index is -0.355. The standard InChI is InChI=1S/C30H28N2O3/c1-20-7-4-5-10-27(20)28(19-29(32-34)26-15-16-31-21(2)17-26)25-9-6-8-24(18-25)22-11-13-23(14-12-22)30(33)35-3/h4-18,28,34H,19H2,1-3H3/b32-29-. The fourth-order valence-electron chi connectivity index (χ4n) is 4.37. The molecule has 4 rings (SSSR count). The lowest BCUT2D eigenvalue weighted by molar-refractivity contribution is 0.0600. The van der Waals surface area contributed by atoms with Crippen molar-refractivity contribution < 1.29 is 14.7 Å². The number of oxime groups is 1. The van der Waals surface area contributed by atoms with Crippen LogP contribution in [0.5, 0.6) is 0 Å². The number of methoxy groups -OCH3 is 1. The van der Waals surface area contributed by atoms with E-state index >= 15 is 0 Å². The number of carbonyl (C=O) groups excluding carboxylic acids is 1. The molecule has 1 unspecified atom stereocenters. The van der Waals surface area contributed by atoms with Gasteiger partial charge < -0.3 is 9.94 Å². The first-order valence-corrected chi connectivity index (χ1v) is 11.5. The summed E-state index contributed by atoms with van der Waals surface area (Å²) >= 11 is 0. The Balaban J connectivity index is 1.74. The Kier molecular flexibility index (Phi) is 7.36. The smallest absolute Gasteiger partial charge is 0.337 e. The Bertz CT molecular complexity index is 1360. The Morgan fingerprint density at radius 2 is 1.69 bits per heavy atom. The largest absolute Gasteiger partial charge is 0.465 e. The van der Waals surface area contributed by atoms with Crippen LogP contribution in [0.2, 0.25) is 0 Å². The van der Waals surface area contributed by atoms with Crippen molar-refractivity contribution in [2.45, 2.75) is 26.2 Å². The van der Waals surface area contributed by atoms with E-state index in [1.807, 2.05) is 49.4 Å². The van der Waals surface area contributed by atoms with Crippen LogP contribution in [0.3, 0.4) is 0 Å². The zero-order valence-corrected chi connectivity index (χ0v) is 20.1. The average molecular weight is 465 g/mol. The Labute approximate surface area is 205 Å². The maximum atomic E-state index is 11.8. The molecule has 1 heterocycles. The van der Waals surface area contributed by atoms with E-state index in [2.05, 4.69) is 47.4 Å². The second kappa shape index (κ2) is 10.8. The van der Waals surface area contributed by atoms with Gasteiger partial charge in [-0.2, -0.15) is 0 Å². The minimum Gasteiger partial charge on any atom is -0.465 e. The van der Waals surface area contributed by atoms with Crippen LogP contribution in [-0.4, -0.2) is 29.0 Å². The van der Waals surface area contributed by atoms with Crippen molar-refractivity contribution in [3.63, 3.8) is 0 Å². The molecule has 4 aromatic rings. The highest BCUT2D eigenvalue weighted by atomic mass is 16.5. The van der Waals surface area contributed by atoms with Gasteiger partial charge in [0.25, 0.3) is 0 Å². The van der Waals surface area contributed by atoms with Crippen molar-refractivity contribution in [2.24, 2.45) is 5.16 Å². The number of hydrogen-bond donors (Lipinski definition) is 1. The van der Waals surface area contributed by atoms with Crippen LogP contribution in [0, 0.1) is 13.8 Å². The van der Waals surface area contributed by atoms with Crippen molar-refractivity contribution in [3.8, 4) is 11.1 Å². The summed E-state index contributed by atoms with van der Waals surface area (Å²) in [5, 5.41) is 13.6. The number of hydrogen-bond acceptors (Lipinski definition) is 5. The number of aryl methyl sites for hydroxylation is 2. The average Bonchev–Trinajstić information content (AvgIpc) is 2.90. The third-order valence-corrected chi connectivity index (χ3v) is 6.24. The fourth-order valence-corrected chi connectivity index (χ4v) is 4.37. The van der Waals surface area contributed by atoms with E-state index in [9.17, 15) is 10.0 Å². The predicted molar refractivity (Wildman–Crippen MR) is 138 cm³/mol. The molecule has 176 valence electrons. The van der Waals surface area contributed by atoms with Gasteiger partial charge in [-0.3, -0.25) is 4.98 Å². The van der Waals surface area contributed by atoms with E-state index in [4.69, 9.17) is 4.74 Å². The molecule has 0 spiro atoms. The first-order valence-electron chi connectivity index (χ1n) is 11.5. The molecule has 0 saturated heterocycles. The van der Waals surface area contributed by atoms with Crippen molar-refractivity contribution in [1.82, 2.24) is 4.98 Å². The van der Waals surface area contributed by atoms with Crippen molar-refractivity contribution in [3.05, 3.63) is 125 Å². The summed E-state index contributed by atoms with van der Waals surface area (Å²) in [7, 11) is 1.38. The van der Waals surface area contributed by atoms with E-state index in [-0.39, 0.29) is 11.9 Å². The monoisotopic (exact) mass is 464 g/mol. The molecular formula is C30H28N2O3. The predicted octanol–water partition coefficient (Wildman–Crippen LogP) is 6.55. The molecule has 0 aliphatic heterocycles. The lowest BCUT2D eigenvalue weighted by atomic mass is 9.82. The van der Waals surface area contributed by atoms with Crippen LogP contribution in [-0.2, 0) is 4.74 Å². The van der Waals surface area contributed by atoms with Gasteiger partial charge in [0.2, 0.25) is 0 Å². The summed E-state index contributed by atoms with van der Waals surface area (Å²) in [5.41, 5.74) is 8.36. The summed E-state index contributed by atoms with van der Waals surface area (Å²) in [5.74, 6) is -0.378. The van der Waals surface area contributed by atoms with Gasteiger partial charge in [-0.15, -0.1) is 0 Å². The molecule has 0 aliphatic carbocycles. The fraction of sp³-hybridized carbons (Fsp3) is 0.167. The highest BCUT2D eigenvalue weighted by Gasteiger charge is 2.21. The molecule has 3 aromatic carbocycles. The van der Waals surface area contributed by atoms with E-state index < -0.39 is 0 Å². The van der Waals surface area contributed by atoms with Gasteiger partial charge in [-0.1, -0.05) is 65.8 Å². The molecule has 0 aliphatic rings. The van der Waals surface area contributed by atoms with Gasteiger partial charge in [0.1, 0.15) is 0 Å². The molecule has 1 aromatic heterocycles. The van der Waals surface area contributed by atoms with Gasteiger partial charge in [-0.25, -0.2) is 4.79 Å². The zero-order valence-electron chi connectivity index (χ0n) is 20.1. The van der Waals surface area contributed by atoms with Crippen LogP contribution in [0.4, 0.5) is 0 Å². The zero-order chi connectivity index (χ0) is 24.8. The quantitative estimate of drug-likeness (QED) is 0.146. The molecule has 0 fully saturated rings. The number of benzene rings is 3. The van der Waals surface area contributed by atoms with Crippen molar-refractivity contribution in [1.29, 1.82) is 0 Å². The van der Waals surface area contributed by atoms with Crippen molar-refractivity contribution in [2.75, 3.05) is 7.11 Å². The van der Waals surface area contributed by atoms with Gasteiger partial charge in [-0.05, 0) is 65.9 Å². The first kappa shape index (κ1) is 23.9. The summed E-state index contributed by atoms with van der Waals surface area (Å²) in [6.07, 6.45) is 2.26. The molecule has 0 saturated carbocycles. The molecular weight excluding hydrogens is 436 g/mol. The highest BCUT2D eigenvalue weighted by molar-refractivity contribution is 6.01. The van der Waals surface area contributed by atoms with Crippen LogP contribution >= 0.6 is 0 Å². The SMILES string of the molecule is COC(=O)c1ccc(-c2cccc(C(C/C(=N/O)c3ccnc(C)c3)c3ccccc3C)c2)cc1. The Morgan fingerprint density at radius 1 is 0.914 bits per heavy atom. The number of pyridine rings is 1. The number of esters is 1. The second-order valence-corrected chi connectivity index (χ2v) is 8.54. The maximum Gasteiger partial charge on any atom is 0.337 e. The number of nitrogens with zero attached hydrogens (tertiary/aromatic N) is 2. The Hall–Kier alpha value is -4.25. The van der Waals surface area contributed by atoms with E-state index in [1.54, 1.807) is 18.3 Å². The number of carbonyl (C=O) groups is 1. The normalized spacial score (nSPS) is 12.3. The van der Waals surface area contributed by atoms with E-state index in [1.165, 1.54) is 18.2 Å². The molecule has 5 nitrogen and oxygen atoms in total. The summed E-state index contributed by atoms with van der Waals surface area (Å²) in [6.45, 7) is 4.02. The number of rotatable bonds is 7. The van der Waals surface area contributed by atoms with Crippen LogP contribution in [0.25, 0.3) is 11.1 Å². The molecule has 0 amide bonds. The van der Waals surface area contributed by atoms with Gasteiger partial charge in [0, 0.05) is 29.8 Å². The molecule has 1 N–H and O–H groups in total. The second-order valence-electron chi connectivity index (χ2n) is 8.54. The lowest BCUT2D eigenvalue weighted by Gasteiger charge is -2.22. The third-order valence-electron chi connectivity index (χ3n) is 6.24. The van der Waals surface area contributed by atoms with E-state index in [0.29, 0.717) is 17.7 Å². The minimum absolute atomic E-state index is 0.0233. The van der Waals surface area contributed by atoms with Gasteiger partial charge in [0.15, 0.2) is 0 Å². The molecule has 0 radical (unpaired) electrons. The van der Waals surface area contributed by atoms with Gasteiger partial charge in [0.05, 0.1) is 18.4 Å². The summed E-state index contributed by atoms with van der Waals surface area (Å²) in [6, 6.07) is 27.9. The number of aromatic nitrogens is 1. The molecule has 1 atom stereocenters. The summed E-state index contributed by atoms with van der Waals surface area (Å²) in [4.78, 5) is 16.1. The first-order chi connectivity index (χ1) is 17.0. The third kappa shape index (κ3) is 5.46. The van der Waals surface area contributed by atoms with Crippen LogP contribution < -0.4 is 0 Å². The maximum absolute atomic E-state index is 11.8. The van der Waals surface area contributed by atoms with Gasteiger partial charge >= 0.3 is 5.97 Å². The molecule has 0 bridgehead atoms. The van der Waals surface area contributed by atoms with Crippen molar-refractivity contribution >= 4 is 11.7 Å². The van der Waals surface area contributed by atoms with E-state index in [0.717, 1.165) is 27.9 Å². The molecule has 5 heteroatoms. The lowest BCUT2D eigenvalue weighted by Crippen LogP contribution is -2.12. The topological polar surface area (TPSA) is 71.8 Å². The molecule has 35 heavy (non-hydrogen) atoms.